The fourth-order valence-corrected chi connectivity index (χ4v) is 4.32. The summed E-state index contributed by atoms with van der Waals surface area (Å²) in [5.41, 5.74) is 1.34. The van der Waals surface area contributed by atoms with Gasteiger partial charge in [-0.05, 0) is 43.9 Å². The molecule has 134 valence electrons. The number of nitrogens with zero attached hydrogens (tertiary/aromatic N) is 2. The van der Waals surface area contributed by atoms with Crippen LogP contribution >= 0.6 is 0 Å². The Morgan fingerprint density at radius 2 is 1.88 bits per heavy atom. The second-order valence-electron chi connectivity index (χ2n) is 7.15. The Bertz CT molecular complexity index is 485. The van der Waals surface area contributed by atoms with Crippen molar-refractivity contribution >= 4 is 0 Å². The summed E-state index contributed by atoms with van der Waals surface area (Å²) in [5.74, 6) is 0.949. The molecular weight excluding hydrogens is 300 g/mol. The molecule has 1 saturated carbocycles. The minimum atomic E-state index is 0.296. The third-order valence-electron chi connectivity index (χ3n) is 5.51. The lowest BCUT2D eigenvalue weighted by molar-refractivity contribution is 0.0267. The SMILES string of the molecule is CCOc1ccc(CN2CCN(C3CCCC3)[C@H](CCO)C2)cc1. The van der Waals surface area contributed by atoms with Crippen LogP contribution in [0.25, 0.3) is 0 Å². The molecule has 0 unspecified atom stereocenters. The van der Waals surface area contributed by atoms with Gasteiger partial charge in [-0.25, -0.2) is 0 Å². The van der Waals surface area contributed by atoms with Gasteiger partial charge in [0.15, 0.2) is 0 Å². The maximum Gasteiger partial charge on any atom is 0.119 e. The van der Waals surface area contributed by atoms with Crippen molar-refractivity contribution in [3.8, 4) is 5.75 Å². The minimum absolute atomic E-state index is 0.296. The van der Waals surface area contributed by atoms with Crippen molar-refractivity contribution in [2.45, 2.75) is 57.7 Å². The lowest BCUT2D eigenvalue weighted by atomic mass is 10.0. The second kappa shape index (κ2) is 8.84. The average molecular weight is 332 g/mol. The molecule has 0 aromatic heterocycles. The molecule has 0 spiro atoms. The van der Waals surface area contributed by atoms with E-state index >= 15 is 0 Å². The highest BCUT2D eigenvalue weighted by atomic mass is 16.5. The molecule has 4 nitrogen and oxygen atoms in total. The molecule has 0 radical (unpaired) electrons. The first-order chi connectivity index (χ1) is 11.8. The van der Waals surface area contributed by atoms with Gasteiger partial charge < -0.3 is 9.84 Å². The normalized spacial score (nSPS) is 23.7. The van der Waals surface area contributed by atoms with E-state index < -0.39 is 0 Å². The Balaban J connectivity index is 1.57. The molecule has 1 N–H and O–H groups in total. The summed E-state index contributed by atoms with van der Waals surface area (Å²) in [7, 11) is 0. The molecule has 3 rings (SSSR count). The Morgan fingerprint density at radius 3 is 2.54 bits per heavy atom. The van der Waals surface area contributed by atoms with E-state index in [9.17, 15) is 5.11 Å². The fraction of sp³-hybridized carbons (Fsp3) is 0.700. The van der Waals surface area contributed by atoms with Crippen molar-refractivity contribution in [2.24, 2.45) is 0 Å². The first-order valence-corrected chi connectivity index (χ1v) is 9.61. The molecule has 1 aromatic carbocycles. The smallest absolute Gasteiger partial charge is 0.119 e. The number of benzene rings is 1. The Kier molecular flexibility index (Phi) is 6.52. The molecule has 4 heteroatoms. The molecule has 1 aliphatic heterocycles. The van der Waals surface area contributed by atoms with Crippen molar-refractivity contribution in [2.75, 3.05) is 32.8 Å². The number of aliphatic hydroxyl groups excluding tert-OH is 1. The van der Waals surface area contributed by atoms with Crippen LogP contribution in [0.3, 0.4) is 0 Å². The molecular formula is C20H32N2O2. The predicted molar refractivity (Wildman–Crippen MR) is 97.3 cm³/mol. The van der Waals surface area contributed by atoms with Gasteiger partial charge in [0, 0.05) is 44.9 Å². The molecule has 2 fully saturated rings. The molecule has 0 bridgehead atoms. The van der Waals surface area contributed by atoms with Crippen LogP contribution in [0.2, 0.25) is 0 Å². The maximum atomic E-state index is 9.48. The Morgan fingerprint density at radius 1 is 1.12 bits per heavy atom. The lowest BCUT2D eigenvalue weighted by Gasteiger charge is -2.44. The number of rotatable bonds is 7. The molecule has 1 heterocycles. The zero-order valence-corrected chi connectivity index (χ0v) is 15.0. The van der Waals surface area contributed by atoms with Crippen LogP contribution in [-0.2, 0) is 6.54 Å². The van der Waals surface area contributed by atoms with Gasteiger partial charge >= 0.3 is 0 Å². The highest BCUT2D eigenvalue weighted by molar-refractivity contribution is 5.27. The lowest BCUT2D eigenvalue weighted by Crippen LogP contribution is -2.55. The number of piperazine rings is 1. The van der Waals surface area contributed by atoms with E-state index in [1.807, 2.05) is 6.92 Å². The minimum Gasteiger partial charge on any atom is -0.494 e. The maximum absolute atomic E-state index is 9.48. The van der Waals surface area contributed by atoms with Crippen molar-refractivity contribution in [1.29, 1.82) is 0 Å². The fourth-order valence-electron chi connectivity index (χ4n) is 4.32. The van der Waals surface area contributed by atoms with Crippen LogP contribution in [0, 0.1) is 0 Å². The van der Waals surface area contributed by atoms with Gasteiger partial charge in [0.1, 0.15) is 5.75 Å². The van der Waals surface area contributed by atoms with Gasteiger partial charge in [0.05, 0.1) is 6.61 Å². The third-order valence-corrected chi connectivity index (χ3v) is 5.51. The highest BCUT2D eigenvalue weighted by Crippen LogP contribution is 2.28. The molecule has 1 aliphatic carbocycles. The number of aliphatic hydroxyl groups is 1. The summed E-state index contributed by atoms with van der Waals surface area (Å²) in [6, 6.07) is 9.76. The highest BCUT2D eigenvalue weighted by Gasteiger charge is 2.32. The third kappa shape index (κ3) is 4.50. The van der Waals surface area contributed by atoms with Crippen LogP contribution < -0.4 is 4.74 Å². The van der Waals surface area contributed by atoms with E-state index in [-0.39, 0.29) is 0 Å². The van der Waals surface area contributed by atoms with Gasteiger partial charge in [0.25, 0.3) is 0 Å². The van der Waals surface area contributed by atoms with Crippen molar-refractivity contribution in [1.82, 2.24) is 9.80 Å². The summed E-state index contributed by atoms with van der Waals surface area (Å²) in [6.45, 7) is 7.37. The Labute approximate surface area is 146 Å². The first kappa shape index (κ1) is 17.7. The zero-order chi connectivity index (χ0) is 16.8. The van der Waals surface area contributed by atoms with E-state index in [2.05, 4.69) is 34.1 Å². The van der Waals surface area contributed by atoms with Crippen LogP contribution in [0.1, 0.15) is 44.6 Å². The zero-order valence-electron chi connectivity index (χ0n) is 15.0. The molecule has 1 aromatic rings. The first-order valence-electron chi connectivity index (χ1n) is 9.61. The van der Waals surface area contributed by atoms with Crippen molar-refractivity contribution < 1.29 is 9.84 Å². The largest absolute Gasteiger partial charge is 0.494 e. The van der Waals surface area contributed by atoms with Crippen LogP contribution in [0.4, 0.5) is 0 Å². The van der Waals surface area contributed by atoms with Gasteiger partial charge in [-0.15, -0.1) is 0 Å². The van der Waals surface area contributed by atoms with E-state index in [1.54, 1.807) is 0 Å². The van der Waals surface area contributed by atoms with Gasteiger partial charge in [-0.3, -0.25) is 9.80 Å². The van der Waals surface area contributed by atoms with Gasteiger partial charge in [-0.2, -0.15) is 0 Å². The van der Waals surface area contributed by atoms with E-state index in [1.165, 1.54) is 31.2 Å². The molecule has 0 amide bonds. The van der Waals surface area contributed by atoms with Crippen LogP contribution in [0.15, 0.2) is 24.3 Å². The van der Waals surface area contributed by atoms with Gasteiger partial charge in [-0.1, -0.05) is 25.0 Å². The van der Waals surface area contributed by atoms with E-state index in [0.29, 0.717) is 19.3 Å². The molecule has 1 saturated heterocycles. The number of hydrogen-bond donors (Lipinski definition) is 1. The standard InChI is InChI=1S/C20H32N2O2/c1-2-24-20-9-7-17(8-10-20)15-21-12-13-22(18-5-3-4-6-18)19(16-21)11-14-23/h7-10,18-19,23H,2-6,11-16H2,1H3/t19-/m1/s1. The average Bonchev–Trinajstić information content (AvgIpc) is 3.12. The summed E-state index contributed by atoms with van der Waals surface area (Å²) in [4.78, 5) is 5.24. The summed E-state index contributed by atoms with van der Waals surface area (Å²) in [6.07, 6.45) is 6.35. The summed E-state index contributed by atoms with van der Waals surface area (Å²) < 4.78 is 5.52. The van der Waals surface area contributed by atoms with E-state index in [4.69, 9.17) is 4.74 Å². The molecule has 1 atom stereocenters. The Hall–Kier alpha value is -1.10. The van der Waals surface area contributed by atoms with E-state index in [0.717, 1.165) is 44.4 Å². The van der Waals surface area contributed by atoms with Crippen molar-refractivity contribution in [3.05, 3.63) is 29.8 Å². The monoisotopic (exact) mass is 332 g/mol. The quantitative estimate of drug-likeness (QED) is 0.833. The van der Waals surface area contributed by atoms with Crippen LogP contribution in [0.5, 0.6) is 5.75 Å². The second-order valence-corrected chi connectivity index (χ2v) is 7.15. The molecule has 24 heavy (non-hydrogen) atoms. The van der Waals surface area contributed by atoms with Crippen LogP contribution in [-0.4, -0.2) is 59.8 Å². The number of ether oxygens (including phenoxy) is 1. The summed E-state index contributed by atoms with van der Waals surface area (Å²) in [5, 5.41) is 9.48. The number of hydrogen-bond acceptors (Lipinski definition) is 4. The topological polar surface area (TPSA) is 35.9 Å². The van der Waals surface area contributed by atoms with Crippen molar-refractivity contribution in [3.63, 3.8) is 0 Å². The predicted octanol–water partition coefficient (Wildman–Crippen LogP) is 2.90. The molecule has 2 aliphatic rings. The summed E-state index contributed by atoms with van der Waals surface area (Å²) >= 11 is 0. The van der Waals surface area contributed by atoms with Gasteiger partial charge in [0.2, 0.25) is 0 Å².